The SMILES string of the molecule is Cc1c(Br)cc2c(c1Br)OCC(C[NH+]1CCOCC1)(C[NH+]1CCOCC1)C2=O.[Cl-].[Cl-]. The molecule has 10 heteroatoms. The van der Waals surface area contributed by atoms with Crippen LogP contribution in [0.1, 0.15) is 15.9 Å². The van der Waals surface area contributed by atoms with Crippen molar-refractivity contribution in [3.8, 4) is 5.75 Å². The van der Waals surface area contributed by atoms with E-state index in [0.29, 0.717) is 17.9 Å². The molecule has 2 saturated heterocycles. The number of morpholine rings is 2. The third kappa shape index (κ3) is 5.34. The molecule has 0 amide bonds. The Balaban J connectivity index is 0.00000160. The maximum atomic E-state index is 13.9. The van der Waals surface area contributed by atoms with Crippen molar-refractivity contribution in [3.05, 3.63) is 26.1 Å². The number of carbonyl (C=O) groups excluding carboxylic acids is 1. The van der Waals surface area contributed by atoms with Gasteiger partial charge in [0.1, 0.15) is 38.5 Å². The van der Waals surface area contributed by atoms with Crippen molar-refractivity contribution in [2.24, 2.45) is 5.41 Å². The normalized spacial score (nSPS) is 21.8. The summed E-state index contributed by atoms with van der Waals surface area (Å²) in [5, 5.41) is 0. The van der Waals surface area contributed by atoms with E-state index in [1.54, 1.807) is 0 Å². The number of hydrogen-bond donors (Lipinski definition) is 2. The van der Waals surface area contributed by atoms with Crippen LogP contribution in [0.4, 0.5) is 0 Å². The number of hydrogen-bond acceptors (Lipinski definition) is 4. The van der Waals surface area contributed by atoms with Crippen molar-refractivity contribution < 1.29 is 53.6 Å². The first-order valence-corrected chi connectivity index (χ1v) is 11.6. The van der Waals surface area contributed by atoms with Crippen LogP contribution in [0.2, 0.25) is 0 Å². The highest BCUT2D eigenvalue weighted by Crippen LogP contribution is 2.42. The molecular weight excluding hydrogens is 563 g/mol. The monoisotopic (exact) mass is 588 g/mol. The van der Waals surface area contributed by atoms with Crippen molar-refractivity contribution in [1.82, 2.24) is 0 Å². The van der Waals surface area contributed by atoms with E-state index in [9.17, 15) is 4.79 Å². The predicted molar refractivity (Wildman–Crippen MR) is 112 cm³/mol. The number of Topliss-reactive ketones (excluding diaryl/α,β-unsaturated/α-hetero) is 1. The van der Waals surface area contributed by atoms with E-state index in [0.717, 1.165) is 80.2 Å². The van der Waals surface area contributed by atoms with Crippen LogP contribution in [0, 0.1) is 12.3 Å². The third-order valence-corrected chi connectivity index (χ3v) is 7.98. The van der Waals surface area contributed by atoms with Crippen LogP contribution in [0.5, 0.6) is 5.75 Å². The number of ketones is 1. The first kappa shape index (κ1) is 26.3. The number of fused-ring (bicyclic) bond motifs is 1. The Morgan fingerprint density at radius 1 is 0.967 bits per heavy atom. The first-order valence-electron chi connectivity index (χ1n) is 9.99. The van der Waals surface area contributed by atoms with Gasteiger partial charge < -0.3 is 48.8 Å². The quantitative estimate of drug-likeness (QED) is 0.367. The molecule has 0 radical (unpaired) electrons. The maximum absolute atomic E-state index is 13.9. The molecule has 0 aromatic heterocycles. The Morgan fingerprint density at radius 3 is 1.97 bits per heavy atom. The summed E-state index contributed by atoms with van der Waals surface area (Å²) < 4.78 is 19.1. The predicted octanol–water partition coefficient (Wildman–Crippen LogP) is -6.08. The van der Waals surface area contributed by atoms with Crippen LogP contribution in [0.3, 0.4) is 0 Å². The van der Waals surface area contributed by atoms with Gasteiger partial charge in [-0.2, -0.15) is 0 Å². The minimum atomic E-state index is -0.513. The standard InChI is InChI=1S/C20H26Br2N2O4.2ClH/c1-14-16(21)10-15-18(17(14)22)28-13-20(19(15)25,11-23-2-6-26-7-3-23)12-24-4-8-27-9-5-24;;/h10H,2-9,11-13H2,1H3;2*1H. The second-order valence-electron chi connectivity index (χ2n) is 8.15. The fraction of sp³-hybridized carbons (Fsp3) is 0.650. The zero-order valence-corrected chi connectivity index (χ0v) is 21.7. The molecule has 170 valence electrons. The lowest BCUT2D eigenvalue weighted by Crippen LogP contribution is -3.19. The lowest BCUT2D eigenvalue weighted by Gasteiger charge is -2.41. The molecule has 0 atom stereocenters. The van der Waals surface area contributed by atoms with Gasteiger partial charge in [0.25, 0.3) is 0 Å². The molecule has 3 aliphatic heterocycles. The largest absolute Gasteiger partial charge is 1.00 e. The molecular formula is C20H28Br2Cl2N2O4. The van der Waals surface area contributed by atoms with Crippen LogP contribution in [-0.2, 0) is 9.47 Å². The summed E-state index contributed by atoms with van der Waals surface area (Å²) in [4.78, 5) is 16.8. The Kier molecular flexibility index (Phi) is 9.89. The zero-order chi connectivity index (χ0) is 19.7. The molecule has 0 aliphatic carbocycles. The van der Waals surface area contributed by atoms with E-state index >= 15 is 0 Å². The topological polar surface area (TPSA) is 53.6 Å². The van der Waals surface area contributed by atoms with Crippen LogP contribution in [0.25, 0.3) is 0 Å². The summed E-state index contributed by atoms with van der Waals surface area (Å²) >= 11 is 7.23. The lowest BCUT2D eigenvalue weighted by atomic mass is 9.77. The van der Waals surface area contributed by atoms with Crippen molar-refractivity contribution in [2.75, 3.05) is 72.3 Å². The van der Waals surface area contributed by atoms with Crippen LogP contribution < -0.4 is 39.4 Å². The molecule has 0 spiro atoms. The van der Waals surface area contributed by atoms with Crippen molar-refractivity contribution >= 4 is 37.6 Å². The van der Waals surface area contributed by atoms with E-state index in [1.165, 1.54) is 9.80 Å². The third-order valence-electron chi connectivity index (χ3n) is 6.20. The molecule has 1 aromatic carbocycles. The number of benzene rings is 1. The lowest BCUT2D eigenvalue weighted by molar-refractivity contribution is -0.936. The Labute approximate surface area is 207 Å². The van der Waals surface area contributed by atoms with E-state index in [1.807, 2.05) is 13.0 Å². The number of quaternary nitrogens is 2. The van der Waals surface area contributed by atoms with Gasteiger partial charge in [-0.3, -0.25) is 4.79 Å². The van der Waals surface area contributed by atoms with Gasteiger partial charge in [-0.15, -0.1) is 0 Å². The average molecular weight is 591 g/mol. The molecule has 2 fully saturated rings. The Morgan fingerprint density at radius 2 is 1.47 bits per heavy atom. The molecule has 6 nitrogen and oxygen atoms in total. The molecule has 4 rings (SSSR count). The highest BCUT2D eigenvalue weighted by molar-refractivity contribution is 9.11. The van der Waals surface area contributed by atoms with E-state index in [2.05, 4.69) is 31.9 Å². The van der Waals surface area contributed by atoms with Gasteiger partial charge in [-0.05, 0) is 34.5 Å². The summed E-state index contributed by atoms with van der Waals surface area (Å²) in [5.74, 6) is 0.906. The minimum Gasteiger partial charge on any atom is -1.00 e. The highest BCUT2D eigenvalue weighted by atomic mass is 79.9. The van der Waals surface area contributed by atoms with E-state index in [4.69, 9.17) is 14.2 Å². The van der Waals surface area contributed by atoms with Gasteiger partial charge in [0, 0.05) is 4.47 Å². The second-order valence-corrected chi connectivity index (χ2v) is 9.80. The van der Waals surface area contributed by atoms with Gasteiger partial charge in [0.05, 0.1) is 49.6 Å². The van der Waals surface area contributed by atoms with E-state index in [-0.39, 0.29) is 30.6 Å². The average Bonchev–Trinajstić information content (AvgIpc) is 2.71. The summed E-state index contributed by atoms with van der Waals surface area (Å²) in [6.45, 7) is 10.9. The maximum Gasteiger partial charge on any atom is 0.187 e. The molecule has 0 bridgehead atoms. The number of nitrogens with one attached hydrogen (secondary N) is 2. The zero-order valence-electron chi connectivity index (χ0n) is 17.0. The van der Waals surface area contributed by atoms with Crippen LogP contribution >= 0.6 is 31.9 Å². The van der Waals surface area contributed by atoms with Crippen LogP contribution in [0.15, 0.2) is 15.0 Å². The highest BCUT2D eigenvalue weighted by Gasteiger charge is 2.51. The van der Waals surface area contributed by atoms with Gasteiger partial charge >= 0.3 is 0 Å². The Bertz CT molecular complexity index is 737. The fourth-order valence-electron chi connectivity index (χ4n) is 4.52. The Hall–Kier alpha value is 0.0700. The summed E-state index contributed by atoms with van der Waals surface area (Å²) in [6.07, 6.45) is 0. The second kappa shape index (κ2) is 11.3. The van der Waals surface area contributed by atoms with Gasteiger partial charge in [-0.25, -0.2) is 0 Å². The first-order chi connectivity index (χ1) is 13.5. The van der Waals surface area contributed by atoms with Gasteiger partial charge in [0.2, 0.25) is 0 Å². The summed E-state index contributed by atoms with van der Waals surface area (Å²) in [7, 11) is 0. The summed E-state index contributed by atoms with van der Waals surface area (Å²) in [5.41, 5.74) is 1.23. The smallest absolute Gasteiger partial charge is 0.187 e. The molecule has 1 aromatic rings. The molecule has 0 unspecified atom stereocenters. The van der Waals surface area contributed by atoms with Crippen LogP contribution in [-0.4, -0.2) is 78.1 Å². The van der Waals surface area contributed by atoms with Gasteiger partial charge in [0.15, 0.2) is 11.2 Å². The number of carbonyl (C=O) groups is 1. The molecule has 3 aliphatic rings. The molecule has 2 N–H and O–H groups in total. The fourth-order valence-corrected chi connectivity index (χ4v) is 5.76. The van der Waals surface area contributed by atoms with E-state index < -0.39 is 5.41 Å². The number of halogens is 4. The summed E-state index contributed by atoms with van der Waals surface area (Å²) in [6, 6.07) is 1.94. The van der Waals surface area contributed by atoms with Crippen molar-refractivity contribution in [3.63, 3.8) is 0 Å². The molecule has 30 heavy (non-hydrogen) atoms. The van der Waals surface area contributed by atoms with Crippen molar-refractivity contribution in [2.45, 2.75) is 6.92 Å². The van der Waals surface area contributed by atoms with Gasteiger partial charge in [-0.1, -0.05) is 15.9 Å². The van der Waals surface area contributed by atoms with Crippen molar-refractivity contribution in [1.29, 1.82) is 0 Å². The number of ether oxygens (including phenoxy) is 3. The molecule has 3 heterocycles. The number of rotatable bonds is 4. The minimum absolute atomic E-state index is 0. The molecule has 0 saturated carbocycles.